The quantitative estimate of drug-likeness (QED) is 0.245. The molecule has 0 aromatic rings. The van der Waals surface area contributed by atoms with Gasteiger partial charge in [-0.1, -0.05) is 102 Å². The van der Waals surface area contributed by atoms with Gasteiger partial charge in [0.1, 0.15) is 0 Å². The van der Waals surface area contributed by atoms with E-state index in [9.17, 15) is 0 Å². The molecule has 10 aliphatic rings. The molecule has 308 valence electrons. The number of allylic oxidation sites excluding steroid dienone is 3. The highest BCUT2D eigenvalue weighted by atomic mass is 15.3. The molecule has 0 amide bonds. The Morgan fingerprint density at radius 2 is 1.04 bits per heavy atom. The van der Waals surface area contributed by atoms with Crippen LogP contribution in [0.25, 0.3) is 0 Å². The van der Waals surface area contributed by atoms with Crippen molar-refractivity contribution >= 4 is 0 Å². The Morgan fingerprint density at radius 3 is 1.71 bits per heavy atom. The third-order valence-corrected chi connectivity index (χ3v) is 19.3. The van der Waals surface area contributed by atoms with Crippen LogP contribution < -0.4 is 0 Å². The van der Waals surface area contributed by atoms with Crippen LogP contribution in [0.5, 0.6) is 0 Å². The van der Waals surface area contributed by atoms with Crippen LogP contribution in [0.1, 0.15) is 225 Å². The summed E-state index contributed by atoms with van der Waals surface area (Å²) in [5.41, 5.74) is 3.74. The summed E-state index contributed by atoms with van der Waals surface area (Å²) in [5.74, 6) is 5.91. The number of likely N-dealkylation sites (tertiary alicyclic amines) is 1. The third-order valence-electron chi connectivity index (χ3n) is 19.3. The van der Waals surface area contributed by atoms with Crippen molar-refractivity contribution in [3.63, 3.8) is 0 Å². The summed E-state index contributed by atoms with van der Waals surface area (Å²) in [6.45, 7) is 0. The molecule has 1 aliphatic heterocycles. The van der Waals surface area contributed by atoms with Gasteiger partial charge >= 0.3 is 0 Å². The fourth-order valence-electron chi connectivity index (χ4n) is 16.8. The van der Waals surface area contributed by atoms with Crippen molar-refractivity contribution < 1.29 is 0 Å². The fraction of sp³-hybridized carbons (Fsp3) is 0.923. The lowest BCUT2D eigenvalue weighted by molar-refractivity contribution is -0.0169. The molecule has 0 N–H and O–H groups in total. The molecular weight excluding hydrogens is 667 g/mol. The minimum absolute atomic E-state index is 0.802. The third kappa shape index (κ3) is 7.93. The molecule has 7 saturated carbocycles. The second kappa shape index (κ2) is 17.7. The van der Waals surface area contributed by atoms with Gasteiger partial charge in [-0.2, -0.15) is 0 Å². The summed E-state index contributed by atoms with van der Waals surface area (Å²) in [5, 5.41) is 0. The standard InChI is InChI=1S/C52H85N3/c1-5-15-38(16-6-1)39-25-29-44(30-26-39)54(46-34-32-45(33-35-46)53(41-17-7-2-8-18-41)42-19-9-3-10-20-42)47-31-27-40-28-36-49-48-23-13-14-24-51(48)55(52(49)50(40)37-47)43-21-11-4-12-22-43/h24,34,38-45,47-50,52H,1-23,25-33,35-37H2/t39?,40-,44?,45-,47-,48+,49-,50-,52?/m1/s1. The molecule has 0 aromatic heterocycles. The molecule has 0 bridgehead atoms. The molecule has 9 aliphatic carbocycles. The number of nitrogens with zero attached hydrogens (tertiary/aromatic N) is 3. The van der Waals surface area contributed by atoms with E-state index in [1.807, 2.05) is 11.4 Å². The number of hydrogen-bond donors (Lipinski definition) is 0. The first-order valence-corrected chi connectivity index (χ1v) is 26.0. The van der Waals surface area contributed by atoms with Gasteiger partial charge in [-0.3, -0.25) is 4.90 Å². The smallest absolute Gasteiger partial charge is 0.0356 e. The summed E-state index contributed by atoms with van der Waals surface area (Å²) in [4.78, 5) is 9.74. The summed E-state index contributed by atoms with van der Waals surface area (Å²) in [7, 11) is 0. The van der Waals surface area contributed by atoms with Crippen LogP contribution in [0.2, 0.25) is 0 Å². The molecule has 0 aromatic carbocycles. The highest BCUT2D eigenvalue weighted by Gasteiger charge is 2.55. The maximum absolute atomic E-state index is 3.28. The molecule has 10 rings (SSSR count). The minimum atomic E-state index is 0.802. The van der Waals surface area contributed by atoms with E-state index < -0.39 is 0 Å². The molecule has 3 nitrogen and oxygen atoms in total. The topological polar surface area (TPSA) is 9.72 Å². The predicted octanol–water partition coefficient (Wildman–Crippen LogP) is 13.7. The fourth-order valence-corrected chi connectivity index (χ4v) is 16.8. The van der Waals surface area contributed by atoms with Crippen LogP contribution in [0.15, 0.2) is 23.5 Å². The molecule has 0 spiro atoms. The lowest BCUT2D eigenvalue weighted by atomic mass is 9.61. The molecule has 7 atom stereocenters. The molecule has 1 heterocycles. The zero-order chi connectivity index (χ0) is 36.6. The Bertz CT molecular complexity index is 1270. The monoisotopic (exact) mass is 752 g/mol. The summed E-state index contributed by atoms with van der Waals surface area (Å²) >= 11 is 0. The maximum Gasteiger partial charge on any atom is 0.0356 e. The van der Waals surface area contributed by atoms with Crippen molar-refractivity contribution in [1.82, 2.24) is 14.7 Å². The Hall–Kier alpha value is -0.960. The lowest BCUT2D eigenvalue weighted by Gasteiger charge is -2.54. The lowest BCUT2D eigenvalue weighted by Crippen LogP contribution is -2.55. The first kappa shape index (κ1) is 38.3. The number of hydrogen-bond acceptors (Lipinski definition) is 3. The summed E-state index contributed by atoms with van der Waals surface area (Å²) < 4.78 is 0. The SMILES string of the molecule is C1=C2[C@@H](CCC1)[C@H]1CC[C@H]3CC[C@@H](N(C4=CC[C@@H](N(C5CCCCC5)C5CCCCC5)CC4)C4CCC(C5CCCCC5)CC4)C[C@H]3C1N2C1CCCCC1. The molecule has 0 radical (unpaired) electrons. The van der Waals surface area contributed by atoms with Crippen molar-refractivity contribution in [3.05, 3.63) is 23.5 Å². The molecule has 55 heavy (non-hydrogen) atoms. The van der Waals surface area contributed by atoms with E-state index in [4.69, 9.17) is 0 Å². The summed E-state index contributed by atoms with van der Waals surface area (Å²) in [6, 6.07) is 5.93. The number of fused-ring (bicyclic) bond motifs is 5. The average Bonchev–Trinajstić information content (AvgIpc) is 3.61. The molecule has 8 fully saturated rings. The van der Waals surface area contributed by atoms with Crippen molar-refractivity contribution in [2.75, 3.05) is 0 Å². The summed E-state index contributed by atoms with van der Waals surface area (Å²) in [6.07, 6.45) is 57.9. The minimum Gasteiger partial charge on any atom is -0.369 e. The van der Waals surface area contributed by atoms with Gasteiger partial charge in [0.05, 0.1) is 0 Å². The highest BCUT2D eigenvalue weighted by Crippen LogP contribution is 2.58. The van der Waals surface area contributed by atoms with Crippen LogP contribution in [0.4, 0.5) is 0 Å². The maximum atomic E-state index is 3.28. The van der Waals surface area contributed by atoms with Crippen molar-refractivity contribution in [3.8, 4) is 0 Å². The van der Waals surface area contributed by atoms with Gasteiger partial charge in [-0.25, -0.2) is 0 Å². The van der Waals surface area contributed by atoms with E-state index >= 15 is 0 Å². The van der Waals surface area contributed by atoms with Crippen molar-refractivity contribution in [2.45, 2.75) is 267 Å². The molecule has 1 saturated heterocycles. The van der Waals surface area contributed by atoms with E-state index in [1.54, 1.807) is 25.7 Å². The number of rotatable bonds is 8. The van der Waals surface area contributed by atoms with Gasteiger partial charge in [-0.05, 0) is 164 Å². The molecule has 3 heteroatoms. The largest absolute Gasteiger partial charge is 0.369 e. The second-order valence-corrected chi connectivity index (χ2v) is 22.0. The van der Waals surface area contributed by atoms with Gasteiger partial charge in [0.15, 0.2) is 0 Å². The highest BCUT2D eigenvalue weighted by molar-refractivity contribution is 5.24. The van der Waals surface area contributed by atoms with E-state index in [2.05, 4.69) is 26.9 Å². The van der Waals surface area contributed by atoms with Crippen molar-refractivity contribution in [1.29, 1.82) is 0 Å². The van der Waals surface area contributed by atoms with Gasteiger partial charge in [-0.15, -0.1) is 0 Å². The van der Waals surface area contributed by atoms with Gasteiger partial charge in [0.25, 0.3) is 0 Å². The predicted molar refractivity (Wildman–Crippen MR) is 231 cm³/mol. The normalized spacial score (nSPS) is 40.2. The van der Waals surface area contributed by atoms with E-state index in [1.165, 1.54) is 199 Å². The Balaban J connectivity index is 0.916. The Kier molecular flexibility index (Phi) is 12.3. The van der Waals surface area contributed by atoms with Gasteiger partial charge in [0, 0.05) is 59.6 Å². The van der Waals surface area contributed by atoms with Gasteiger partial charge in [0.2, 0.25) is 0 Å². The Morgan fingerprint density at radius 1 is 0.436 bits per heavy atom. The second-order valence-electron chi connectivity index (χ2n) is 22.0. The van der Waals surface area contributed by atoms with Crippen LogP contribution in [0, 0.1) is 35.5 Å². The molecule has 1 unspecified atom stereocenters. The average molecular weight is 752 g/mol. The zero-order valence-electron chi connectivity index (χ0n) is 35.8. The van der Waals surface area contributed by atoms with E-state index in [0.717, 1.165) is 77.8 Å². The zero-order valence-corrected chi connectivity index (χ0v) is 35.8. The van der Waals surface area contributed by atoms with Crippen LogP contribution >= 0.6 is 0 Å². The van der Waals surface area contributed by atoms with Crippen LogP contribution in [0.3, 0.4) is 0 Å². The van der Waals surface area contributed by atoms with Crippen molar-refractivity contribution in [2.24, 2.45) is 35.5 Å². The first-order valence-electron chi connectivity index (χ1n) is 26.0. The first-order chi connectivity index (χ1) is 27.3. The van der Waals surface area contributed by atoms with Gasteiger partial charge < -0.3 is 9.80 Å². The van der Waals surface area contributed by atoms with Crippen LogP contribution in [-0.2, 0) is 0 Å². The Labute approximate surface area is 339 Å². The van der Waals surface area contributed by atoms with Crippen LogP contribution in [-0.4, -0.2) is 57.0 Å². The van der Waals surface area contributed by atoms with E-state index in [0.29, 0.717) is 0 Å². The van der Waals surface area contributed by atoms with E-state index in [-0.39, 0.29) is 0 Å². The molecular formula is C52H85N3.